The van der Waals surface area contributed by atoms with Crippen LogP contribution in [0.15, 0.2) is 18.2 Å². The van der Waals surface area contributed by atoms with Crippen molar-refractivity contribution in [2.45, 2.75) is 25.7 Å². The summed E-state index contributed by atoms with van der Waals surface area (Å²) >= 11 is 2.65. The molecule has 1 aliphatic carbocycles. The van der Waals surface area contributed by atoms with E-state index in [4.69, 9.17) is 0 Å². The molecule has 0 radical (unpaired) electrons. The first-order valence-electron chi connectivity index (χ1n) is 7.28. The number of hydrogen-bond donors (Lipinski definition) is 1. The number of carbonyl (C=O) groups is 1. The number of nitrogens with one attached hydrogen (secondary N) is 1. The molecule has 3 nitrogen and oxygen atoms in total. The largest absolute Gasteiger partial charge is 0.297 e. The molecule has 1 aliphatic rings. The van der Waals surface area contributed by atoms with E-state index >= 15 is 0 Å². The number of thiazole rings is 1. The Morgan fingerprint density at radius 2 is 1.87 bits per heavy atom. The minimum absolute atomic E-state index is 0.218. The molecule has 118 valence electrons. The average Bonchev–Trinajstić information content (AvgIpc) is 3.11. The molecule has 2 heterocycles. The molecule has 2 aromatic heterocycles. The Kier molecular flexibility index (Phi) is 3.61. The zero-order valence-electron chi connectivity index (χ0n) is 12.0. The highest BCUT2D eigenvalue weighted by Crippen LogP contribution is 2.31. The summed E-state index contributed by atoms with van der Waals surface area (Å²) in [5, 5.41) is 3.08. The molecule has 0 saturated carbocycles. The third-order valence-corrected chi connectivity index (χ3v) is 6.04. The second-order valence-electron chi connectivity index (χ2n) is 5.47. The SMILES string of the molecule is O=C(Nc1nc2cc(F)c(F)cc2s1)c1cc2c(s1)CCCC2. The summed E-state index contributed by atoms with van der Waals surface area (Å²) in [6.07, 6.45) is 4.40. The molecular formula is C16H12F2N2OS2. The highest BCUT2D eigenvalue weighted by molar-refractivity contribution is 7.22. The standard InChI is InChI=1S/C16H12F2N2OS2/c17-9-6-11-13(7-10(9)18)23-16(19-11)20-15(21)14-5-8-3-1-2-4-12(8)22-14/h5-7H,1-4H2,(H,19,20,21). The van der Waals surface area contributed by atoms with Gasteiger partial charge in [-0.15, -0.1) is 11.3 Å². The quantitative estimate of drug-likeness (QED) is 0.723. The Balaban J connectivity index is 1.59. The van der Waals surface area contributed by atoms with Crippen molar-refractivity contribution in [3.63, 3.8) is 0 Å². The first-order chi connectivity index (χ1) is 11.1. The predicted molar refractivity (Wildman–Crippen MR) is 88.5 cm³/mol. The maximum atomic E-state index is 13.2. The van der Waals surface area contributed by atoms with Crippen molar-refractivity contribution in [2.24, 2.45) is 0 Å². The molecule has 7 heteroatoms. The summed E-state index contributed by atoms with van der Waals surface area (Å²) in [5.74, 6) is -2.07. The first kappa shape index (κ1) is 14.7. The van der Waals surface area contributed by atoms with E-state index in [2.05, 4.69) is 10.3 Å². The van der Waals surface area contributed by atoms with Gasteiger partial charge in [0.2, 0.25) is 0 Å². The van der Waals surface area contributed by atoms with Crippen LogP contribution in [0.2, 0.25) is 0 Å². The molecule has 0 spiro atoms. The fraction of sp³-hybridized carbons (Fsp3) is 0.250. The van der Waals surface area contributed by atoms with E-state index in [0.717, 1.165) is 36.3 Å². The number of thiophene rings is 1. The number of amides is 1. The Morgan fingerprint density at radius 1 is 1.09 bits per heavy atom. The lowest BCUT2D eigenvalue weighted by atomic mass is 9.99. The minimum Gasteiger partial charge on any atom is -0.297 e. The van der Waals surface area contributed by atoms with Crippen LogP contribution in [0.1, 0.15) is 33.0 Å². The highest BCUT2D eigenvalue weighted by atomic mass is 32.1. The van der Waals surface area contributed by atoms with E-state index in [-0.39, 0.29) is 5.91 Å². The molecule has 1 N–H and O–H groups in total. The van der Waals surface area contributed by atoms with Gasteiger partial charge in [-0.2, -0.15) is 0 Å². The van der Waals surface area contributed by atoms with Crippen LogP contribution in [0.5, 0.6) is 0 Å². The summed E-state index contributed by atoms with van der Waals surface area (Å²) in [5.41, 5.74) is 1.61. The fourth-order valence-corrected chi connectivity index (χ4v) is 4.75. The van der Waals surface area contributed by atoms with Crippen LogP contribution in [0.3, 0.4) is 0 Å². The van der Waals surface area contributed by atoms with Gasteiger partial charge in [0.15, 0.2) is 16.8 Å². The van der Waals surface area contributed by atoms with Crippen molar-refractivity contribution in [2.75, 3.05) is 5.32 Å². The van der Waals surface area contributed by atoms with E-state index in [1.807, 2.05) is 6.07 Å². The van der Waals surface area contributed by atoms with Crippen LogP contribution < -0.4 is 5.32 Å². The summed E-state index contributed by atoms with van der Waals surface area (Å²) < 4.78 is 27.0. The van der Waals surface area contributed by atoms with Crippen molar-refractivity contribution >= 4 is 43.9 Å². The Hall–Kier alpha value is -1.86. The molecule has 0 atom stereocenters. The molecule has 0 fully saturated rings. The zero-order valence-corrected chi connectivity index (χ0v) is 13.6. The van der Waals surface area contributed by atoms with E-state index in [1.54, 1.807) is 0 Å². The maximum Gasteiger partial charge on any atom is 0.267 e. The Labute approximate surface area is 139 Å². The first-order valence-corrected chi connectivity index (χ1v) is 8.92. The van der Waals surface area contributed by atoms with Gasteiger partial charge in [-0.3, -0.25) is 10.1 Å². The number of aryl methyl sites for hydroxylation is 2. The van der Waals surface area contributed by atoms with Gasteiger partial charge in [-0.25, -0.2) is 13.8 Å². The van der Waals surface area contributed by atoms with Gasteiger partial charge in [0.05, 0.1) is 15.1 Å². The topological polar surface area (TPSA) is 42.0 Å². The Morgan fingerprint density at radius 3 is 2.70 bits per heavy atom. The molecule has 4 rings (SSSR count). The molecule has 0 bridgehead atoms. The smallest absolute Gasteiger partial charge is 0.267 e. The summed E-state index contributed by atoms with van der Waals surface area (Å²) in [4.78, 5) is 18.5. The predicted octanol–water partition coefficient (Wildman–Crippen LogP) is 4.77. The number of anilines is 1. The van der Waals surface area contributed by atoms with E-state index in [1.165, 1.54) is 34.6 Å². The van der Waals surface area contributed by atoms with Gasteiger partial charge in [0, 0.05) is 10.9 Å². The van der Waals surface area contributed by atoms with Crippen molar-refractivity contribution in [3.8, 4) is 0 Å². The van der Waals surface area contributed by atoms with Crippen LogP contribution in [-0.4, -0.2) is 10.9 Å². The molecule has 1 amide bonds. The average molecular weight is 350 g/mol. The Bertz CT molecular complexity index is 854. The molecule has 0 unspecified atom stereocenters. The van der Waals surface area contributed by atoms with Crippen LogP contribution >= 0.6 is 22.7 Å². The molecule has 23 heavy (non-hydrogen) atoms. The lowest BCUT2D eigenvalue weighted by molar-refractivity contribution is 0.103. The molecule has 1 aromatic carbocycles. The van der Waals surface area contributed by atoms with Gasteiger partial charge < -0.3 is 0 Å². The van der Waals surface area contributed by atoms with E-state index in [9.17, 15) is 13.6 Å². The summed E-state index contributed by atoms with van der Waals surface area (Å²) in [6, 6.07) is 4.09. The van der Waals surface area contributed by atoms with Crippen molar-refractivity contribution < 1.29 is 13.6 Å². The van der Waals surface area contributed by atoms with Crippen molar-refractivity contribution in [1.82, 2.24) is 4.98 Å². The number of rotatable bonds is 2. The maximum absolute atomic E-state index is 13.2. The van der Waals surface area contributed by atoms with Crippen LogP contribution in [0, 0.1) is 11.6 Å². The van der Waals surface area contributed by atoms with Crippen LogP contribution in [0.25, 0.3) is 10.2 Å². The number of nitrogens with zero attached hydrogens (tertiary/aromatic N) is 1. The molecular weight excluding hydrogens is 338 g/mol. The number of benzene rings is 1. The molecule has 0 saturated heterocycles. The second-order valence-corrected chi connectivity index (χ2v) is 7.64. The fourth-order valence-electron chi connectivity index (χ4n) is 2.74. The molecule has 0 aliphatic heterocycles. The third-order valence-electron chi connectivity index (χ3n) is 3.87. The lowest BCUT2D eigenvalue weighted by Crippen LogP contribution is -2.09. The zero-order chi connectivity index (χ0) is 16.0. The van der Waals surface area contributed by atoms with E-state index in [0.29, 0.717) is 20.2 Å². The monoisotopic (exact) mass is 350 g/mol. The van der Waals surface area contributed by atoms with Gasteiger partial charge in [0.1, 0.15) is 0 Å². The second kappa shape index (κ2) is 5.65. The number of halogens is 2. The van der Waals surface area contributed by atoms with Gasteiger partial charge in [-0.05, 0) is 43.4 Å². The van der Waals surface area contributed by atoms with Crippen LogP contribution in [-0.2, 0) is 12.8 Å². The van der Waals surface area contributed by atoms with Crippen LogP contribution in [0.4, 0.5) is 13.9 Å². The number of carbonyl (C=O) groups excluding carboxylic acids is 1. The summed E-state index contributed by atoms with van der Waals surface area (Å²) in [7, 11) is 0. The minimum atomic E-state index is -0.938. The normalized spacial score (nSPS) is 14.0. The third kappa shape index (κ3) is 2.74. The number of fused-ring (bicyclic) bond motifs is 2. The van der Waals surface area contributed by atoms with Crippen molar-refractivity contribution in [3.05, 3.63) is 45.2 Å². The van der Waals surface area contributed by atoms with Gasteiger partial charge in [0.25, 0.3) is 5.91 Å². The van der Waals surface area contributed by atoms with Crippen molar-refractivity contribution in [1.29, 1.82) is 0 Å². The van der Waals surface area contributed by atoms with E-state index < -0.39 is 11.6 Å². The lowest BCUT2D eigenvalue weighted by Gasteiger charge is -2.08. The number of hydrogen-bond acceptors (Lipinski definition) is 4. The number of aromatic nitrogens is 1. The van der Waals surface area contributed by atoms with Gasteiger partial charge in [-0.1, -0.05) is 11.3 Å². The highest BCUT2D eigenvalue weighted by Gasteiger charge is 2.18. The van der Waals surface area contributed by atoms with Gasteiger partial charge >= 0.3 is 0 Å². The molecule has 3 aromatic rings. The summed E-state index contributed by atoms with van der Waals surface area (Å²) in [6.45, 7) is 0.